The fourth-order valence-electron chi connectivity index (χ4n) is 2.74. The maximum Gasteiger partial charge on any atom is 0.262 e. The Hall–Kier alpha value is -2.84. The third-order valence-corrected chi connectivity index (χ3v) is 7.27. The van der Waals surface area contributed by atoms with Crippen LogP contribution in [0, 0.1) is 20.8 Å². The van der Waals surface area contributed by atoms with E-state index in [1.54, 1.807) is 31.2 Å². The molecule has 0 fully saturated rings. The second-order valence-electron chi connectivity index (χ2n) is 6.87. The number of hydrogen-bond acceptors (Lipinski definition) is 4. The number of anilines is 2. The van der Waals surface area contributed by atoms with Gasteiger partial charge in [0.15, 0.2) is 0 Å². The van der Waals surface area contributed by atoms with Gasteiger partial charge in [0.1, 0.15) is 0 Å². The fraction of sp³-hybridized carbons (Fsp3) is 0.143. The van der Waals surface area contributed by atoms with Crippen molar-refractivity contribution in [2.24, 2.45) is 0 Å². The lowest BCUT2D eigenvalue weighted by molar-refractivity contribution is 0.599. The van der Waals surface area contributed by atoms with Crippen molar-refractivity contribution in [1.82, 2.24) is 0 Å². The van der Waals surface area contributed by atoms with Crippen LogP contribution in [0.1, 0.15) is 16.7 Å². The van der Waals surface area contributed by atoms with Crippen LogP contribution in [0.25, 0.3) is 0 Å². The number of rotatable bonds is 6. The van der Waals surface area contributed by atoms with E-state index >= 15 is 0 Å². The van der Waals surface area contributed by atoms with Crippen LogP contribution in [0.2, 0.25) is 0 Å². The number of aryl methyl sites for hydroxylation is 3. The molecule has 3 rings (SSSR count). The Morgan fingerprint density at radius 2 is 1.07 bits per heavy atom. The standard InChI is InChI=1S/C21H22N2O4S2/c1-15-5-12-20(13-6-15)28(24,25)22-18-8-10-19(11-9-18)23-29(26,27)21-14-16(2)4-7-17(21)3/h4-14,22-23H,1-3H3. The van der Waals surface area contributed by atoms with Crippen LogP contribution >= 0.6 is 0 Å². The highest BCUT2D eigenvalue weighted by Gasteiger charge is 2.18. The summed E-state index contributed by atoms with van der Waals surface area (Å²) in [7, 11) is -7.47. The molecule has 0 atom stereocenters. The van der Waals surface area contributed by atoms with Gasteiger partial charge in [0.2, 0.25) is 0 Å². The highest BCUT2D eigenvalue weighted by Crippen LogP contribution is 2.23. The van der Waals surface area contributed by atoms with Crippen LogP contribution in [0.3, 0.4) is 0 Å². The van der Waals surface area contributed by atoms with Crippen LogP contribution < -0.4 is 9.44 Å². The maximum absolute atomic E-state index is 12.7. The number of nitrogens with one attached hydrogen (secondary N) is 2. The van der Waals surface area contributed by atoms with Gasteiger partial charge in [0.25, 0.3) is 20.0 Å². The van der Waals surface area contributed by atoms with Crippen molar-refractivity contribution in [3.05, 3.63) is 83.4 Å². The molecule has 0 saturated heterocycles. The first-order valence-electron chi connectivity index (χ1n) is 8.86. The Labute approximate surface area is 171 Å². The number of hydrogen-bond donors (Lipinski definition) is 2. The minimum atomic E-state index is -3.75. The van der Waals surface area contributed by atoms with E-state index in [4.69, 9.17) is 0 Å². The Morgan fingerprint density at radius 1 is 0.586 bits per heavy atom. The van der Waals surface area contributed by atoms with E-state index in [1.807, 2.05) is 19.9 Å². The summed E-state index contributed by atoms with van der Waals surface area (Å²) in [5.74, 6) is 0. The molecule has 8 heteroatoms. The Bertz CT molecular complexity index is 1230. The zero-order valence-electron chi connectivity index (χ0n) is 16.3. The molecule has 29 heavy (non-hydrogen) atoms. The highest BCUT2D eigenvalue weighted by molar-refractivity contribution is 7.93. The van der Waals surface area contributed by atoms with Gasteiger partial charge in [-0.2, -0.15) is 0 Å². The average Bonchev–Trinajstić information content (AvgIpc) is 2.65. The highest BCUT2D eigenvalue weighted by atomic mass is 32.2. The van der Waals surface area contributed by atoms with Gasteiger partial charge >= 0.3 is 0 Å². The van der Waals surface area contributed by atoms with E-state index < -0.39 is 20.0 Å². The topological polar surface area (TPSA) is 92.3 Å². The van der Waals surface area contributed by atoms with Crippen LogP contribution in [0.4, 0.5) is 11.4 Å². The monoisotopic (exact) mass is 430 g/mol. The summed E-state index contributed by atoms with van der Waals surface area (Å²) in [5.41, 5.74) is 3.12. The molecule has 0 bridgehead atoms. The molecular weight excluding hydrogens is 408 g/mol. The molecule has 0 aliphatic rings. The number of benzene rings is 3. The summed E-state index contributed by atoms with van der Waals surface area (Å²) in [6, 6.07) is 17.8. The quantitative estimate of drug-likeness (QED) is 0.613. The summed E-state index contributed by atoms with van der Waals surface area (Å²) in [6.45, 7) is 5.44. The predicted octanol–water partition coefficient (Wildman–Crippen LogP) is 4.21. The molecule has 0 radical (unpaired) electrons. The van der Waals surface area contributed by atoms with Crippen molar-refractivity contribution >= 4 is 31.4 Å². The molecule has 3 aromatic rings. The summed E-state index contributed by atoms with van der Waals surface area (Å²) in [4.78, 5) is 0.365. The molecule has 6 nitrogen and oxygen atoms in total. The zero-order valence-corrected chi connectivity index (χ0v) is 17.9. The van der Waals surface area contributed by atoms with E-state index in [1.165, 1.54) is 36.4 Å². The van der Waals surface area contributed by atoms with Gasteiger partial charge in [-0.15, -0.1) is 0 Å². The summed E-state index contributed by atoms with van der Waals surface area (Å²) < 4.78 is 55.3. The first-order valence-corrected chi connectivity index (χ1v) is 11.8. The molecule has 3 aromatic carbocycles. The lowest BCUT2D eigenvalue weighted by Crippen LogP contribution is -2.15. The second kappa shape index (κ2) is 7.88. The van der Waals surface area contributed by atoms with Gasteiger partial charge < -0.3 is 0 Å². The van der Waals surface area contributed by atoms with Gasteiger partial charge in [0, 0.05) is 11.4 Å². The summed E-state index contributed by atoms with van der Waals surface area (Å²) >= 11 is 0. The molecule has 152 valence electrons. The van der Waals surface area contributed by atoms with E-state index in [0.29, 0.717) is 16.9 Å². The molecule has 0 saturated carbocycles. The first kappa shape index (κ1) is 20.9. The molecule has 0 unspecified atom stereocenters. The van der Waals surface area contributed by atoms with E-state index in [0.717, 1.165) is 11.1 Å². The van der Waals surface area contributed by atoms with Gasteiger partial charge in [-0.25, -0.2) is 16.8 Å². The smallest absolute Gasteiger partial charge is 0.262 e. The van der Waals surface area contributed by atoms with Crippen molar-refractivity contribution in [2.45, 2.75) is 30.6 Å². The molecule has 0 aliphatic carbocycles. The molecule has 0 aromatic heterocycles. The number of sulfonamides is 2. The van der Waals surface area contributed by atoms with Crippen molar-refractivity contribution in [1.29, 1.82) is 0 Å². The zero-order chi connectivity index (χ0) is 21.2. The van der Waals surface area contributed by atoms with Crippen LogP contribution in [-0.2, 0) is 20.0 Å². The summed E-state index contributed by atoms with van der Waals surface area (Å²) in [5, 5.41) is 0. The minimum Gasteiger partial charge on any atom is -0.280 e. The maximum atomic E-state index is 12.7. The SMILES string of the molecule is Cc1ccc(S(=O)(=O)Nc2ccc(NS(=O)(=O)c3cc(C)ccc3C)cc2)cc1. The Kier molecular flexibility index (Phi) is 5.68. The van der Waals surface area contributed by atoms with Crippen LogP contribution in [0.5, 0.6) is 0 Å². The van der Waals surface area contributed by atoms with Crippen molar-refractivity contribution in [3.8, 4) is 0 Å². The van der Waals surface area contributed by atoms with Gasteiger partial charge in [-0.1, -0.05) is 29.8 Å². The largest absolute Gasteiger partial charge is 0.280 e. The van der Waals surface area contributed by atoms with Crippen molar-refractivity contribution in [3.63, 3.8) is 0 Å². The van der Waals surface area contributed by atoms with E-state index in [9.17, 15) is 16.8 Å². The van der Waals surface area contributed by atoms with Gasteiger partial charge in [0.05, 0.1) is 9.79 Å². The van der Waals surface area contributed by atoms with Gasteiger partial charge in [-0.05, 0) is 74.4 Å². The van der Waals surface area contributed by atoms with Crippen LogP contribution in [-0.4, -0.2) is 16.8 Å². The molecule has 0 spiro atoms. The lowest BCUT2D eigenvalue weighted by atomic mass is 10.2. The van der Waals surface area contributed by atoms with Gasteiger partial charge in [-0.3, -0.25) is 9.44 Å². The third kappa shape index (κ3) is 4.96. The molecule has 0 aliphatic heterocycles. The third-order valence-electron chi connectivity index (χ3n) is 4.35. The van der Waals surface area contributed by atoms with Crippen molar-refractivity contribution in [2.75, 3.05) is 9.44 Å². The predicted molar refractivity (Wildman–Crippen MR) is 115 cm³/mol. The minimum absolute atomic E-state index is 0.155. The van der Waals surface area contributed by atoms with Crippen LogP contribution in [0.15, 0.2) is 76.5 Å². The Balaban J connectivity index is 1.78. The van der Waals surface area contributed by atoms with E-state index in [2.05, 4.69) is 9.44 Å². The first-order chi connectivity index (χ1) is 13.6. The summed E-state index contributed by atoms with van der Waals surface area (Å²) in [6.07, 6.45) is 0. The fourth-order valence-corrected chi connectivity index (χ4v) is 5.19. The molecule has 0 heterocycles. The lowest BCUT2D eigenvalue weighted by Gasteiger charge is -2.12. The molecule has 2 N–H and O–H groups in total. The average molecular weight is 431 g/mol. The second-order valence-corrected chi connectivity index (χ2v) is 10.2. The van der Waals surface area contributed by atoms with E-state index in [-0.39, 0.29) is 9.79 Å². The Morgan fingerprint density at radius 3 is 1.62 bits per heavy atom. The molecular formula is C21H22N2O4S2. The van der Waals surface area contributed by atoms with Crippen molar-refractivity contribution < 1.29 is 16.8 Å². The normalized spacial score (nSPS) is 11.8. The molecule has 0 amide bonds.